The van der Waals surface area contributed by atoms with Crippen molar-refractivity contribution < 1.29 is 9.53 Å². The third kappa shape index (κ3) is 5.96. The molecule has 7 nitrogen and oxygen atoms in total. The van der Waals surface area contributed by atoms with Gasteiger partial charge in [0.25, 0.3) is 0 Å². The highest BCUT2D eigenvalue weighted by Gasteiger charge is 2.26. The average molecular weight is 486 g/mol. The molecule has 1 fully saturated rings. The summed E-state index contributed by atoms with van der Waals surface area (Å²) in [7, 11) is 1.65. The molecule has 4 rings (SSSR count). The van der Waals surface area contributed by atoms with Gasteiger partial charge in [0.2, 0.25) is 5.91 Å². The lowest BCUT2D eigenvalue weighted by atomic mass is 9.97. The molecule has 1 amide bonds. The number of thiophene rings is 1. The second-order valence-corrected chi connectivity index (χ2v) is 10.3. The summed E-state index contributed by atoms with van der Waals surface area (Å²) in [5.74, 6) is 2.65. The number of thioether (sulfide) groups is 1. The summed E-state index contributed by atoms with van der Waals surface area (Å²) in [5.41, 5.74) is 0.943. The molecule has 0 spiro atoms. The van der Waals surface area contributed by atoms with Crippen molar-refractivity contribution in [1.82, 2.24) is 25.0 Å². The molecule has 3 heterocycles. The fourth-order valence-corrected chi connectivity index (χ4v) is 5.78. The zero-order valence-corrected chi connectivity index (χ0v) is 21.0. The number of carbonyl (C=O) groups is 1. The molecule has 1 unspecified atom stereocenters. The molecule has 0 aliphatic carbocycles. The lowest BCUT2D eigenvalue weighted by Crippen LogP contribution is -2.42. The van der Waals surface area contributed by atoms with Crippen LogP contribution in [0.5, 0.6) is 5.75 Å². The van der Waals surface area contributed by atoms with Gasteiger partial charge >= 0.3 is 0 Å². The van der Waals surface area contributed by atoms with E-state index in [-0.39, 0.29) is 11.9 Å². The fourth-order valence-electron chi connectivity index (χ4n) is 4.09. The molecule has 176 valence electrons. The van der Waals surface area contributed by atoms with Crippen LogP contribution in [0.15, 0.2) is 46.9 Å². The van der Waals surface area contributed by atoms with Gasteiger partial charge < -0.3 is 10.1 Å². The highest BCUT2D eigenvalue weighted by molar-refractivity contribution is 7.99. The third-order valence-corrected chi connectivity index (χ3v) is 7.98. The predicted molar refractivity (Wildman–Crippen MR) is 133 cm³/mol. The van der Waals surface area contributed by atoms with Crippen LogP contribution in [0.4, 0.5) is 0 Å². The number of piperidine rings is 1. The fraction of sp³-hybridized carbons (Fsp3) is 0.458. The molecule has 1 aliphatic rings. The molecule has 3 aromatic rings. The van der Waals surface area contributed by atoms with Crippen LogP contribution in [-0.4, -0.2) is 58.1 Å². The maximum absolute atomic E-state index is 12.7. The van der Waals surface area contributed by atoms with Crippen LogP contribution in [0.3, 0.4) is 0 Å². The topological polar surface area (TPSA) is 72.3 Å². The Morgan fingerprint density at radius 1 is 1.24 bits per heavy atom. The highest BCUT2D eigenvalue weighted by atomic mass is 32.2. The Bertz CT molecular complexity index is 1030. The van der Waals surface area contributed by atoms with Crippen molar-refractivity contribution >= 4 is 29.0 Å². The molecule has 2 aromatic heterocycles. The number of aromatic nitrogens is 3. The number of nitrogens with zero attached hydrogens (tertiary/aromatic N) is 4. The standard InChI is InChI=1S/C24H31N5O2S2/c1-17-10-12-28(13-11-17)21(22-5-4-14-32-22)15-25-23(30)16-33-24-27-26-18(2)29(24)19-6-8-20(31-3)9-7-19/h4-9,14,17,21H,10-13,15-16H2,1-3H3,(H,25,30). The van der Waals surface area contributed by atoms with Crippen LogP contribution >= 0.6 is 23.1 Å². The van der Waals surface area contributed by atoms with Gasteiger partial charge in [-0.1, -0.05) is 24.8 Å². The molecule has 1 atom stereocenters. The molecule has 0 saturated carbocycles. The zero-order chi connectivity index (χ0) is 23.2. The van der Waals surface area contributed by atoms with Crippen LogP contribution in [0.25, 0.3) is 5.69 Å². The molecule has 1 aromatic carbocycles. The first-order valence-electron chi connectivity index (χ1n) is 11.3. The maximum atomic E-state index is 12.7. The normalized spacial score (nSPS) is 16.0. The number of ether oxygens (including phenoxy) is 1. The molecular formula is C24H31N5O2S2. The number of carbonyl (C=O) groups excluding carboxylic acids is 1. The Morgan fingerprint density at radius 2 is 2.00 bits per heavy atom. The first kappa shape index (κ1) is 23.8. The van der Waals surface area contributed by atoms with Crippen LogP contribution in [0.1, 0.15) is 36.5 Å². The van der Waals surface area contributed by atoms with Gasteiger partial charge in [-0.3, -0.25) is 14.3 Å². The number of hydrogen-bond donors (Lipinski definition) is 1. The zero-order valence-electron chi connectivity index (χ0n) is 19.4. The molecule has 0 radical (unpaired) electrons. The number of methoxy groups -OCH3 is 1. The number of likely N-dealkylation sites (tertiary alicyclic amines) is 1. The van der Waals surface area contributed by atoms with Crippen molar-refractivity contribution in [2.75, 3.05) is 32.5 Å². The van der Waals surface area contributed by atoms with E-state index in [2.05, 4.69) is 44.9 Å². The summed E-state index contributed by atoms with van der Waals surface area (Å²) >= 11 is 3.16. The van der Waals surface area contributed by atoms with E-state index in [0.717, 1.165) is 36.3 Å². The van der Waals surface area contributed by atoms with E-state index >= 15 is 0 Å². The number of rotatable bonds is 9. The third-order valence-electron chi connectivity index (χ3n) is 6.08. The van der Waals surface area contributed by atoms with Gasteiger partial charge in [0.05, 0.1) is 18.9 Å². The summed E-state index contributed by atoms with van der Waals surface area (Å²) in [4.78, 5) is 16.6. The van der Waals surface area contributed by atoms with Gasteiger partial charge in [0, 0.05) is 17.1 Å². The molecular weight excluding hydrogens is 454 g/mol. The van der Waals surface area contributed by atoms with Crippen LogP contribution in [-0.2, 0) is 4.79 Å². The average Bonchev–Trinajstić information content (AvgIpc) is 3.49. The second kappa shape index (κ2) is 11.2. The van der Waals surface area contributed by atoms with Crippen molar-refractivity contribution in [2.45, 2.75) is 37.9 Å². The Hall–Kier alpha value is -2.36. The quantitative estimate of drug-likeness (QED) is 0.455. The van der Waals surface area contributed by atoms with Crippen molar-refractivity contribution in [1.29, 1.82) is 0 Å². The van der Waals surface area contributed by atoms with Crippen LogP contribution in [0, 0.1) is 12.8 Å². The first-order chi connectivity index (χ1) is 16.0. The molecule has 9 heteroatoms. The lowest BCUT2D eigenvalue weighted by molar-refractivity contribution is -0.118. The van der Waals surface area contributed by atoms with E-state index in [0.29, 0.717) is 17.5 Å². The monoisotopic (exact) mass is 485 g/mol. The van der Waals surface area contributed by atoms with E-state index in [9.17, 15) is 4.79 Å². The van der Waals surface area contributed by atoms with E-state index in [4.69, 9.17) is 4.74 Å². The summed E-state index contributed by atoms with van der Waals surface area (Å²) in [6, 6.07) is 12.2. The lowest BCUT2D eigenvalue weighted by Gasteiger charge is -2.36. The number of benzene rings is 1. The second-order valence-electron chi connectivity index (χ2n) is 8.41. The van der Waals surface area contributed by atoms with Crippen molar-refractivity contribution in [3.63, 3.8) is 0 Å². The van der Waals surface area contributed by atoms with E-state index in [1.165, 1.54) is 29.5 Å². The van der Waals surface area contributed by atoms with Gasteiger partial charge in [0.1, 0.15) is 11.6 Å². The molecule has 33 heavy (non-hydrogen) atoms. The van der Waals surface area contributed by atoms with Crippen LogP contribution in [0.2, 0.25) is 0 Å². The molecule has 1 aliphatic heterocycles. The van der Waals surface area contributed by atoms with Crippen molar-refractivity contribution in [2.24, 2.45) is 5.92 Å². The molecule has 0 bridgehead atoms. The first-order valence-corrected chi connectivity index (χ1v) is 13.1. The molecule has 1 saturated heterocycles. The minimum Gasteiger partial charge on any atom is -0.497 e. The number of nitrogens with one attached hydrogen (secondary N) is 1. The summed E-state index contributed by atoms with van der Waals surface area (Å²) in [5, 5.41) is 14.5. The van der Waals surface area contributed by atoms with Crippen molar-refractivity contribution in [3.05, 3.63) is 52.5 Å². The summed E-state index contributed by atoms with van der Waals surface area (Å²) in [6.07, 6.45) is 2.43. The van der Waals surface area contributed by atoms with Crippen molar-refractivity contribution in [3.8, 4) is 11.4 Å². The Kier molecular flexibility index (Phi) is 8.06. The molecule has 1 N–H and O–H groups in total. The Balaban J connectivity index is 1.36. The van der Waals surface area contributed by atoms with Gasteiger partial charge in [-0.25, -0.2) is 0 Å². The predicted octanol–water partition coefficient (Wildman–Crippen LogP) is 4.33. The maximum Gasteiger partial charge on any atom is 0.230 e. The van der Waals surface area contributed by atoms with Gasteiger partial charge in [-0.15, -0.1) is 21.5 Å². The number of amides is 1. The number of hydrogen-bond acceptors (Lipinski definition) is 7. The Labute approximate surface area is 203 Å². The highest BCUT2D eigenvalue weighted by Crippen LogP contribution is 2.29. The number of aryl methyl sites for hydroxylation is 1. The SMILES string of the molecule is COc1ccc(-n2c(C)nnc2SCC(=O)NCC(c2cccs2)N2CCC(C)CC2)cc1. The van der Waals surface area contributed by atoms with Gasteiger partial charge in [-0.2, -0.15) is 0 Å². The summed E-state index contributed by atoms with van der Waals surface area (Å²) < 4.78 is 7.21. The van der Waals surface area contributed by atoms with E-state index < -0.39 is 0 Å². The minimum atomic E-state index is 0.00821. The minimum absolute atomic E-state index is 0.00821. The largest absolute Gasteiger partial charge is 0.497 e. The van der Waals surface area contributed by atoms with Gasteiger partial charge in [0.15, 0.2) is 5.16 Å². The Morgan fingerprint density at radius 3 is 2.67 bits per heavy atom. The smallest absolute Gasteiger partial charge is 0.230 e. The van der Waals surface area contributed by atoms with E-state index in [1.807, 2.05) is 35.8 Å². The van der Waals surface area contributed by atoms with E-state index in [1.54, 1.807) is 18.4 Å². The van der Waals surface area contributed by atoms with Crippen LogP contribution < -0.4 is 10.1 Å². The van der Waals surface area contributed by atoms with Gasteiger partial charge in [-0.05, 0) is 74.5 Å². The summed E-state index contributed by atoms with van der Waals surface area (Å²) in [6.45, 7) is 7.02.